The van der Waals surface area contributed by atoms with Gasteiger partial charge >= 0.3 is 0 Å². The number of nitrogens with zero attached hydrogens (tertiary/aromatic N) is 1. The molecule has 0 fully saturated rings. The lowest BCUT2D eigenvalue weighted by molar-refractivity contribution is 0.584. The molecule has 2 aromatic rings. The lowest BCUT2D eigenvalue weighted by Gasteiger charge is -2.28. The topological polar surface area (TPSA) is 37.4 Å². The molecule has 112 valence electrons. The Bertz CT molecular complexity index is 727. The van der Waals surface area contributed by atoms with Crippen molar-refractivity contribution in [3.63, 3.8) is 0 Å². The first-order chi connectivity index (χ1) is 9.84. The third kappa shape index (κ3) is 3.30. The highest BCUT2D eigenvalue weighted by Gasteiger charge is 2.29. The second kappa shape index (κ2) is 6.20. The van der Waals surface area contributed by atoms with Gasteiger partial charge in [-0.25, -0.2) is 8.42 Å². The van der Waals surface area contributed by atoms with Crippen LogP contribution in [0.1, 0.15) is 19.4 Å². The summed E-state index contributed by atoms with van der Waals surface area (Å²) < 4.78 is 28.0. The van der Waals surface area contributed by atoms with Crippen molar-refractivity contribution >= 4 is 31.6 Å². The maximum Gasteiger partial charge on any atom is 0.265 e. The summed E-state index contributed by atoms with van der Waals surface area (Å²) >= 11 is 3.37. The van der Waals surface area contributed by atoms with Crippen molar-refractivity contribution in [2.45, 2.75) is 31.7 Å². The lowest BCUT2D eigenvalue weighted by Crippen LogP contribution is -2.37. The van der Waals surface area contributed by atoms with E-state index in [1.165, 1.54) is 4.31 Å². The van der Waals surface area contributed by atoms with Gasteiger partial charge in [0.1, 0.15) is 4.90 Å². The molecule has 0 amide bonds. The molecule has 0 aliphatic rings. The molecule has 0 saturated carbocycles. The molecule has 2 rings (SSSR count). The van der Waals surface area contributed by atoms with E-state index in [9.17, 15) is 8.42 Å². The fourth-order valence-electron chi connectivity index (χ4n) is 2.21. The molecule has 2 aromatic carbocycles. The van der Waals surface area contributed by atoms with Crippen molar-refractivity contribution in [2.75, 3.05) is 4.31 Å². The van der Waals surface area contributed by atoms with E-state index < -0.39 is 10.0 Å². The molecule has 0 aliphatic heterocycles. The predicted octanol–water partition coefficient (Wildman–Crippen LogP) is 4.36. The van der Waals surface area contributed by atoms with E-state index in [0.717, 1.165) is 5.56 Å². The monoisotopic (exact) mass is 367 g/mol. The standard InChI is InChI=1S/C16H18BrNO2S/c1-12(2)18(14-7-5-4-6-8-14)21(19,20)16-10-9-13(3)11-15(16)17/h4-12H,1-3H3. The lowest BCUT2D eigenvalue weighted by atomic mass is 10.2. The number of rotatable bonds is 4. The van der Waals surface area contributed by atoms with Crippen LogP contribution in [0.4, 0.5) is 5.69 Å². The fraction of sp³-hybridized carbons (Fsp3) is 0.250. The van der Waals surface area contributed by atoms with Gasteiger partial charge in [-0.1, -0.05) is 24.3 Å². The van der Waals surface area contributed by atoms with Crippen LogP contribution >= 0.6 is 15.9 Å². The molecule has 3 nitrogen and oxygen atoms in total. The van der Waals surface area contributed by atoms with Crippen LogP contribution in [-0.2, 0) is 10.0 Å². The zero-order chi connectivity index (χ0) is 15.6. The Morgan fingerprint density at radius 1 is 1.05 bits per heavy atom. The number of halogens is 1. The Kier molecular flexibility index (Phi) is 4.74. The molecule has 0 radical (unpaired) electrons. The highest BCUT2D eigenvalue weighted by atomic mass is 79.9. The van der Waals surface area contributed by atoms with Crippen LogP contribution in [0.5, 0.6) is 0 Å². The number of anilines is 1. The average Bonchev–Trinajstić information content (AvgIpc) is 2.38. The summed E-state index contributed by atoms with van der Waals surface area (Å²) in [6.07, 6.45) is 0. The van der Waals surface area contributed by atoms with Gasteiger partial charge in [0.25, 0.3) is 10.0 Å². The summed E-state index contributed by atoms with van der Waals surface area (Å²) in [6, 6.07) is 14.3. The molecule has 0 unspecified atom stereocenters. The zero-order valence-electron chi connectivity index (χ0n) is 12.2. The van der Waals surface area contributed by atoms with E-state index >= 15 is 0 Å². The second-order valence-electron chi connectivity index (χ2n) is 5.16. The van der Waals surface area contributed by atoms with Gasteiger partial charge in [0, 0.05) is 10.5 Å². The summed E-state index contributed by atoms with van der Waals surface area (Å²) in [5.41, 5.74) is 1.68. The van der Waals surface area contributed by atoms with Gasteiger partial charge in [-0.3, -0.25) is 4.31 Å². The molecule has 0 N–H and O–H groups in total. The fourth-order valence-corrected chi connectivity index (χ4v) is 5.03. The van der Waals surface area contributed by atoms with Crippen LogP contribution in [0.15, 0.2) is 57.9 Å². The maximum absolute atomic E-state index is 13.0. The molecular weight excluding hydrogens is 350 g/mol. The third-order valence-corrected chi connectivity index (χ3v) is 6.08. The van der Waals surface area contributed by atoms with Gasteiger partial charge in [0.2, 0.25) is 0 Å². The largest absolute Gasteiger partial charge is 0.265 e. The summed E-state index contributed by atoms with van der Waals surface area (Å²) in [6.45, 7) is 5.66. The van der Waals surface area contributed by atoms with E-state index in [1.54, 1.807) is 24.3 Å². The van der Waals surface area contributed by atoms with Crippen molar-refractivity contribution < 1.29 is 8.42 Å². The van der Waals surface area contributed by atoms with Crippen LogP contribution in [0.25, 0.3) is 0 Å². The smallest absolute Gasteiger partial charge is 0.264 e. The third-order valence-electron chi connectivity index (χ3n) is 3.10. The van der Waals surface area contributed by atoms with Gasteiger partial charge in [0.15, 0.2) is 0 Å². The van der Waals surface area contributed by atoms with E-state index in [1.807, 2.05) is 45.0 Å². The van der Waals surface area contributed by atoms with Crippen molar-refractivity contribution in [1.29, 1.82) is 0 Å². The molecule has 0 heterocycles. The Morgan fingerprint density at radius 3 is 2.19 bits per heavy atom. The molecule has 0 saturated heterocycles. The molecule has 0 spiro atoms. The number of aryl methyl sites for hydroxylation is 1. The highest BCUT2D eigenvalue weighted by Crippen LogP contribution is 2.30. The van der Waals surface area contributed by atoms with Crippen molar-refractivity contribution in [2.24, 2.45) is 0 Å². The quantitative estimate of drug-likeness (QED) is 0.804. The zero-order valence-corrected chi connectivity index (χ0v) is 14.6. The Balaban J connectivity index is 2.59. The van der Waals surface area contributed by atoms with Crippen molar-refractivity contribution in [1.82, 2.24) is 0 Å². The number of benzene rings is 2. The van der Waals surface area contributed by atoms with Gasteiger partial charge in [-0.2, -0.15) is 0 Å². The summed E-state index contributed by atoms with van der Waals surface area (Å²) in [5, 5.41) is 0. The number of hydrogen-bond acceptors (Lipinski definition) is 2. The average molecular weight is 368 g/mol. The Hall–Kier alpha value is -1.33. The minimum Gasteiger partial charge on any atom is -0.264 e. The van der Waals surface area contributed by atoms with E-state index in [4.69, 9.17) is 0 Å². The Labute approximate surface area is 134 Å². The highest BCUT2D eigenvalue weighted by molar-refractivity contribution is 9.10. The van der Waals surface area contributed by atoms with Crippen LogP contribution in [0.2, 0.25) is 0 Å². The van der Waals surface area contributed by atoms with Crippen LogP contribution < -0.4 is 4.31 Å². The first-order valence-corrected chi connectivity index (χ1v) is 8.93. The number of sulfonamides is 1. The normalized spacial score (nSPS) is 11.7. The van der Waals surface area contributed by atoms with E-state index in [-0.39, 0.29) is 10.9 Å². The summed E-state index contributed by atoms with van der Waals surface area (Å²) in [5.74, 6) is 0. The van der Waals surface area contributed by atoms with Crippen molar-refractivity contribution in [3.8, 4) is 0 Å². The van der Waals surface area contributed by atoms with E-state index in [0.29, 0.717) is 10.2 Å². The maximum atomic E-state index is 13.0. The van der Waals surface area contributed by atoms with E-state index in [2.05, 4.69) is 15.9 Å². The Morgan fingerprint density at radius 2 is 1.67 bits per heavy atom. The second-order valence-corrected chi connectivity index (χ2v) is 7.80. The van der Waals surface area contributed by atoms with Gasteiger partial charge in [0.05, 0.1) is 5.69 Å². The molecule has 0 aliphatic carbocycles. The predicted molar refractivity (Wildman–Crippen MR) is 90.1 cm³/mol. The molecule has 5 heteroatoms. The van der Waals surface area contributed by atoms with Gasteiger partial charge in [-0.15, -0.1) is 0 Å². The molecule has 0 bridgehead atoms. The number of para-hydroxylation sites is 1. The minimum absolute atomic E-state index is 0.175. The molecular formula is C16H18BrNO2S. The molecule has 0 atom stereocenters. The van der Waals surface area contributed by atoms with Crippen LogP contribution in [-0.4, -0.2) is 14.5 Å². The SMILES string of the molecule is Cc1ccc(S(=O)(=O)N(c2ccccc2)C(C)C)c(Br)c1. The summed E-state index contributed by atoms with van der Waals surface area (Å²) in [4.78, 5) is 0.283. The number of hydrogen-bond donors (Lipinski definition) is 0. The van der Waals surface area contributed by atoms with Crippen molar-refractivity contribution in [3.05, 3.63) is 58.6 Å². The van der Waals surface area contributed by atoms with Crippen LogP contribution in [0, 0.1) is 6.92 Å². The minimum atomic E-state index is -3.61. The summed E-state index contributed by atoms with van der Waals surface area (Å²) in [7, 11) is -3.61. The van der Waals surface area contributed by atoms with Crippen LogP contribution in [0.3, 0.4) is 0 Å². The van der Waals surface area contributed by atoms with Gasteiger partial charge < -0.3 is 0 Å². The first kappa shape index (κ1) is 16.0. The first-order valence-electron chi connectivity index (χ1n) is 6.69. The van der Waals surface area contributed by atoms with Gasteiger partial charge in [-0.05, 0) is 66.5 Å². The molecule has 21 heavy (non-hydrogen) atoms. The molecule has 0 aromatic heterocycles.